The van der Waals surface area contributed by atoms with Crippen molar-refractivity contribution in [1.29, 1.82) is 0 Å². The van der Waals surface area contributed by atoms with Crippen LogP contribution in [0.25, 0.3) is 0 Å². The van der Waals surface area contributed by atoms with E-state index in [0.29, 0.717) is 23.2 Å². The van der Waals surface area contributed by atoms with Gasteiger partial charge in [-0.25, -0.2) is 4.79 Å². The second kappa shape index (κ2) is 12.3. The van der Waals surface area contributed by atoms with Crippen molar-refractivity contribution < 1.29 is 24.2 Å². The van der Waals surface area contributed by atoms with Crippen LogP contribution in [-0.4, -0.2) is 45.6 Å². The van der Waals surface area contributed by atoms with Crippen LogP contribution in [-0.2, 0) is 14.3 Å². The molecule has 2 aromatic rings. The Morgan fingerprint density at radius 1 is 1.07 bits per heavy atom. The third-order valence-corrected chi connectivity index (χ3v) is 7.62. The van der Waals surface area contributed by atoms with Crippen LogP contribution in [0.2, 0.25) is 0 Å². The molecule has 0 radical (unpaired) electrons. The Balaban J connectivity index is 2.10. The summed E-state index contributed by atoms with van der Waals surface area (Å²) in [5.41, 5.74) is 2.99. The second-order valence-corrected chi connectivity index (χ2v) is 12.2. The summed E-state index contributed by atoms with van der Waals surface area (Å²) in [6.07, 6.45) is 0.708. The molecular formula is C32H45N3O5. The average molecular weight is 552 g/mol. The number of phenolic OH excluding ortho intramolecular Hbond substituents is 1. The topological polar surface area (TPSA) is 108 Å². The van der Waals surface area contributed by atoms with Crippen molar-refractivity contribution >= 4 is 23.6 Å². The maximum Gasteiger partial charge on any atom is 0.408 e. The summed E-state index contributed by atoms with van der Waals surface area (Å²) < 4.78 is 5.49. The van der Waals surface area contributed by atoms with Gasteiger partial charge in [-0.15, -0.1) is 0 Å². The molecule has 1 fully saturated rings. The van der Waals surface area contributed by atoms with Gasteiger partial charge in [-0.1, -0.05) is 51.5 Å². The second-order valence-electron chi connectivity index (χ2n) is 12.2. The van der Waals surface area contributed by atoms with Gasteiger partial charge in [0.15, 0.2) is 0 Å². The van der Waals surface area contributed by atoms with Gasteiger partial charge in [-0.3, -0.25) is 9.59 Å². The number of phenols is 1. The third kappa shape index (κ3) is 7.34. The maximum atomic E-state index is 14.5. The fourth-order valence-electron chi connectivity index (χ4n) is 4.94. The van der Waals surface area contributed by atoms with E-state index in [2.05, 4.69) is 10.6 Å². The molecule has 0 aromatic heterocycles. The average Bonchev–Trinajstić information content (AvgIpc) is 3.58. The van der Waals surface area contributed by atoms with Gasteiger partial charge in [-0.05, 0) is 94.2 Å². The SMILES string of the molecule is CCC(C)C(NC(=O)OC(C)(C)C)C(=O)N(C(C(=O)Nc1c(C)cccc1C)c1ccc(O)c(C)c1)C1CC1C. The molecule has 3 amide bonds. The standard InChI is InChI=1S/C32H45N3O5/c1-10-18(2)27(34-31(39)40-32(7,8)9)30(38)35(24-17-21(24)5)28(23-14-15-25(36)22(6)16-23)29(37)33-26-19(3)12-11-13-20(26)4/h11-16,18,21,24,27-28,36H,10,17H2,1-9H3,(H,33,37)(H,34,39). The van der Waals surface area contributed by atoms with Crippen molar-refractivity contribution in [3.05, 3.63) is 58.7 Å². The van der Waals surface area contributed by atoms with E-state index in [9.17, 15) is 19.5 Å². The van der Waals surface area contributed by atoms with Crippen LogP contribution in [0.3, 0.4) is 0 Å². The molecular weight excluding hydrogens is 506 g/mol. The predicted octanol–water partition coefficient (Wildman–Crippen LogP) is 6.17. The fraction of sp³-hybridized carbons (Fsp3) is 0.531. The van der Waals surface area contributed by atoms with Crippen LogP contribution in [0.5, 0.6) is 5.75 Å². The monoisotopic (exact) mass is 551 g/mol. The number of alkyl carbamates (subject to hydrolysis) is 1. The molecule has 0 heterocycles. The summed E-state index contributed by atoms with van der Waals surface area (Å²) in [7, 11) is 0. The molecule has 0 bridgehead atoms. The molecule has 0 spiro atoms. The quantitative estimate of drug-likeness (QED) is 0.345. The van der Waals surface area contributed by atoms with Crippen LogP contribution >= 0.6 is 0 Å². The molecule has 5 atom stereocenters. The van der Waals surface area contributed by atoms with Crippen LogP contribution < -0.4 is 10.6 Å². The molecule has 3 N–H and O–H groups in total. The number of anilines is 1. The van der Waals surface area contributed by atoms with Gasteiger partial charge in [-0.2, -0.15) is 0 Å². The molecule has 0 saturated heterocycles. The zero-order chi connectivity index (χ0) is 29.9. The lowest BCUT2D eigenvalue weighted by Gasteiger charge is -2.36. The van der Waals surface area contributed by atoms with Crippen LogP contribution in [0.4, 0.5) is 10.5 Å². The van der Waals surface area contributed by atoms with Gasteiger partial charge in [0.1, 0.15) is 23.4 Å². The molecule has 3 rings (SSSR count). The zero-order valence-electron chi connectivity index (χ0n) is 25.3. The predicted molar refractivity (Wildman–Crippen MR) is 157 cm³/mol. The van der Waals surface area contributed by atoms with E-state index in [1.807, 2.05) is 52.8 Å². The molecule has 5 unspecified atom stereocenters. The highest BCUT2D eigenvalue weighted by Gasteiger charge is 2.49. The first-order chi connectivity index (χ1) is 18.6. The first-order valence-corrected chi connectivity index (χ1v) is 14.1. The van der Waals surface area contributed by atoms with Crippen LogP contribution in [0, 0.1) is 32.6 Å². The lowest BCUT2D eigenvalue weighted by molar-refractivity contribution is -0.142. The molecule has 2 aromatic carbocycles. The molecule has 0 aliphatic heterocycles. The third-order valence-electron chi connectivity index (χ3n) is 7.62. The first-order valence-electron chi connectivity index (χ1n) is 14.1. The van der Waals surface area contributed by atoms with Crippen LogP contribution in [0.1, 0.15) is 82.7 Å². The lowest BCUT2D eigenvalue weighted by Crippen LogP contribution is -2.55. The van der Waals surface area contributed by atoms with E-state index in [4.69, 9.17) is 4.74 Å². The Labute approximate surface area is 238 Å². The first kappa shape index (κ1) is 31.0. The summed E-state index contributed by atoms with van der Waals surface area (Å²) in [5.74, 6) is -0.589. The number of nitrogens with one attached hydrogen (secondary N) is 2. The van der Waals surface area contributed by atoms with Gasteiger partial charge in [0, 0.05) is 11.7 Å². The molecule has 1 aliphatic rings. The molecule has 8 nitrogen and oxygen atoms in total. The summed E-state index contributed by atoms with van der Waals surface area (Å²) >= 11 is 0. The molecule has 1 aliphatic carbocycles. The summed E-state index contributed by atoms with van der Waals surface area (Å²) in [5, 5.41) is 16.1. The van der Waals surface area contributed by atoms with Crippen molar-refractivity contribution in [3.8, 4) is 5.75 Å². The number of rotatable bonds is 9. The number of nitrogens with zero attached hydrogens (tertiary/aromatic N) is 1. The minimum absolute atomic E-state index is 0.111. The highest BCUT2D eigenvalue weighted by molar-refractivity contribution is 6.00. The Kier molecular flexibility index (Phi) is 9.54. The van der Waals surface area contributed by atoms with Crippen molar-refractivity contribution in [2.75, 3.05) is 5.32 Å². The van der Waals surface area contributed by atoms with Crippen molar-refractivity contribution in [2.45, 2.75) is 98.9 Å². The van der Waals surface area contributed by atoms with Gasteiger partial charge < -0.3 is 25.4 Å². The number of aromatic hydroxyl groups is 1. The Morgan fingerprint density at radius 3 is 2.17 bits per heavy atom. The van der Waals surface area contributed by atoms with Crippen molar-refractivity contribution in [2.24, 2.45) is 11.8 Å². The molecule has 8 heteroatoms. The lowest BCUT2D eigenvalue weighted by atomic mass is 9.94. The Morgan fingerprint density at radius 2 is 1.68 bits per heavy atom. The van der Waals surface area contributed by atoms with E-state index in [1.165, 1.54) is 0 Å². The highest BCUT2D eigenvalue weighted by Crippen LogP contribution is 2.42. The number of carbonyl (C=O) groups is 3. The van der Waals surface area contributed by atoms with Gasteiger partial charge in [0.25, 0.3) is 5.91 Å². The Bertz CT molecular complexity index is 1230. The summed E-state index contributed by atoms with van der Waals surface area (Å²) in [6, 6.07) is 8.73. The number of para-hydroxylation sites is 1. The number of hydrogen-bond acceptors (Lipinski definition) is 5. The van der Waals surface area contributed by atoms with E-state index in [1.54, 1.807) is 50.8 Å². The highest BCUT2D eigenvalue weighted by atomic mass is 16.6. The Hall–Kier alpha value is -3.55. The van der Waals surface area contributed by atoms with E-state index >= 15 is 0 Å². The van der Waals surface area contributed by atoms with Crippen LogP contribution in [0.15, 0.2) is 36.4 Å². The minimum Gasteiger partial charge on any atom is -0.508 e. The zero-order valence-corrected chi connectivity index (χ0v) is 25.3. The largest absolute Gasteiger partial charge is 0.508 e. The maximum absolute atomic E-state index is 14.5. The molecule has 1 saturated carbocycles. The van der Waals surface area contributed by atoms with Gasteiger partial charge in [0.2, 0.25) is 5.91 Å². The summed E-state index contributed by atoms with van der Waals surface area (Å²) in [6.45, 7) is 16.8. The molecule has 40 heavy (non-hydrogen) atoms. The number of ether oxygens (including phenoxy) is 1. The van der Waals surface area contributed by atoms with Crippen molar-refractivity contribution in [3.63, 3.8) is 0 Å². The summed E-state index contributed by atoms with van der Waals surface area (Å²) in [4.78, 5) is 43.1. The van der Waals surface area contributed by atoms with Gasteiger partial charge in [0.05, 0.1) is 0 Å². The number of amides is 3. The van der Waals surface area contributed by atoms with E-state index in [0.717, 1.165) is 17.5 Å². The smallest absolute Gasteiger partial charge is 0.408 e. The number of carbonyl (C=O) groups excluding carboxylic acids is 3. The number of benzene rings is 2. The molecule has 218 valence electrons. The van der Waals surface area contributed by atoms with Crippen molar-refractivity contribution in [1.82, 2.24) is 10.2 Å². The fourth-order valence-corrected chi connectivity index (χ4v) is 4.94. The number of hydrogen-bond donors (Lipinski definition) is 3. The minimum atomic E-state index is -0.979. The van der Waals surface area contributed by atoms with E-state index < -0.39 is 23.8 Å². The normalized spacial score (nSPS) is 18.7. The van der Waals surface area contributed by atoms with Gasteiger partial charge >= 0.3 is 6.09 Å². The van der Waals surface area contributed by atoms with E-state index in [-0.39, 0.29) is 35.4 Å². The number of aryl methyl sites for hydroxylation is 3.